The van der Waals surface area contributed by atoms with E-state index in [1.807, 2.05) is 0 Å². The molecule has 0 unspecified atom stereocenters. The van der Waals surface area contributed by atoms with Gasteiger partial charge in [-0.1, -0.05) is 60.7 Å². The Kier molecular flexibility index (Phi) is 5.75. The molecule has 0 saturated carbocycles. The predicted molar refractivity (Wildman–Crippen MR) is 139 cm³/mol. The molecule has 1 fully saturated rings. The third-order valence-corrected chi connectivity index (χ3v) is 7.95. The van der Waals surface area contributed by atoms with E-state index in [1.165, 1.54) is 27.8 Å². The third kappa shape index (κ3) is 3.69. The highest BCUT2D eigenvalue weighted by atomic mass is 15.2. The number of benzene rings is 3. The van der Waals surface area contributed by atoms with Gasteiger partial charge in [0.15, 0.2) is 0 Å². The molecule has 0 bridgehead atoms. The number of aromatic nitrogens is 2. The van der Waals surface area contributed by atoms with Crippen LogP contribution in [0.25, 0.3) is 11.0 Å². The number of aryl methyl sites for hydroxylation is 3. The Bertz CT molecular complexity index is 1430. The third-order valence-electron chi connectivity index (χ3n) is 7.95. The van der Waals surface area contributed by atoms with Crippen LogP contribution in [-0.2, 0) is 19.4 Å². The molecular formula is C30H31N5. The molecule has 176 valence electrons. The molecule has 1 aliphatic carbocycles. The first-order valence-corrected chi connectivity index (χ1v) is 12.8. The fourth-order valence-electron chi connectivity index (χ4n) is 6.36. The minimum Gasteiger partial charge on any atom is -0.310 e. The number of likely N-dealkylation sites (tertiary alicyclic amines) is 1. The second-order valence-electron chi connectivity index (χ2n) is 9.68. The van der Waals surface area contributed by atoms with Gasteiger partial charge in [0.05, 0.1) is 17.1 Å². The Labute approximate surface area is 206 Å². The molecular weight excluding hydrogens is 430 g/mol. The maximum absolute atomic E-state index is 9.46. The standard InChI is InChI=1S/C30H31N5/c1-2-34-27-13-7-8-14-28(27)35(30(34)32-21-31)24-17-19-33(20-18-24)29-25-11-5-3-9-22(25)15-16-23-10-4-6-12-26(23)29/h3-14,24,29H,2,15-20H2,1H3/b32-30+. The van der Waals surface area contributed by atoms with Crippen molar-refractivity contribution < 1.29 is 0 Å². The molecule has 0 N–H and O–H groups in total. The maximum atomic E-state index is 9.46. The number of fused-ring (bicyclic) bond motifs is 3. The molecule has 5 heteroatoms. The smallest absolute Gasteiger partial charge is 0.221 e. The Balaban J connectivity index is 1.37. The fourth-order valence-corrected chi connectivity index (χ4v) is 6.36. The minimum absolute atomic E-state index is 0.302. The Morgan fingerprint density at radius 3 is 2.00 bits per heavy atom. The SMILES string of the molecule is CCn1/c(=N\C#N)n(C2CCN(C3c4ccccc4CCc4ccccc43)CC2)c2ccccc21. The van der Waals surface area contributed by atoms with E-state index in [0.29, 0.717) is 12.1 Å². The van der Waals surface area contributed by atoms with Gasteiger partial charge in [-0.05, 0) is 67.0 Å². The summed E-state index contributed by atoms with van der Waals surface area (Å²) < 4.78 is 4.50. The van der Waals surface area contributed by atoms with Gasteiger partial charge in [-0.15, -0.1) is 4.99 Å². The van der Waals surface area contributed by atoms with Gasteiger partial charge in [0.2, 0.25) is 11.8 Å². The van der Waals surface area contributed by atoms with Crippen LogP contribution in [0.4, 0.5) is 0 Å². The Hall–Kier alpha value is -3.62. The molecule has 0 radical (unpaired) electrons. The van der Waals surface area contributed by atoms with Crippen LogP contribution in [0.3, 0.4) is 0 Å². The highest BCUT2D eigenvalue weighted by Crippen LogP contribution is 2.39. The summed E-state index contributed by atoms with van der Waals surface area (Å²) in [4.78, 5) is 6.97. The number of para-hydroxylation sites is 2. The van der Waals surface area contributed by atoms with Crippen molar-refractivity contribution in [1.29, 1.82) is 5.26 Å². The first-order chi connectivity index (χ1) is 17.3. The molecule has 0 amide bonds. The molecule has 2 aliphatic rings. The molecule has 6 rings (SSSR count). The van der Waals surface area contributed by atoms with Crippen molar-refractivity contribution in [3.8, 4) is 6.19 Å². The lowest BCUT2D eigenvalue weighted by atomic mass is 9.91. The average molecular weight is 462 g/mol. The molecule has 3 aromatic carbocycles. The Morgan fingerprint density at radius 1 is 0.829 bits per heavy atom. The second kappa shape index (κ2) is 9.20. The number of piperidine rings is 1. The second-order valence-corrected chi connectivity index (χ2v) is 9.68. The normalized spacial score (nSPS) is 17.7. The minimum atomic E-state index is 0.302. The van der Waals surface area contributed by atoms with E-state index >= 15 is 0 Å². The van der Waals surface area contributed by atoms with E-state index in [9.17, 15) is 5.26 Å². The summed E-state index contributed by atoms with van der Waals surface area (Å²) in [6.45, 7) is 4.95. The van der Waals surface area contributed by atoms with Gasteiger partial charge in [0.25, 0.3) is 0 Å². The lowest BCUT2D eigenvalue weighted by molar-refractivity contribution is 0.152. The van der Waals surface area contributed by atoms with Gasteiger partial charge in [0, 0.05) is 25.7 Å². The van der Waals surface area contributed by atoms with Gasteiger partial charge >= 0.3 is 0 Å². The zero-order valence-electron chi connectivity index (χ0n) is 20.3. The molecule has 2 heterocycles. The number of hydrogen-bond acceptors (Lipinski definition) is 3. The van der Waals surface area contributed by atoms with E-state index in [2.05, 4.69) is 105 Å². The molecule has 1 aliphatic heterocycles. The summed E-state index contributed by atoms with van der Waals surface area (Å²) in [5.41, 5.74) is 8.99. The monoisotopic (exact) mass is 461 g/mol. The lowest BCUT2D eigenvalue weighted by Gasteiger charge is -2.39. The van der Waals surface area contributed by atoms with E-state index in [1.54, 1.807) is 0 Å². The quantitative estimate of drug-likeness (QED) is 0.385. The van der Waals surface area contributed by atoms with Crippen molar-refractivity contribution in [1.82, 2.24) is 14.0 Å². The van der Waals surface area contributed by atoms with Crippen LogP contribution in [0, 0.1) is 11.5 Å². The van der Waals surface area contributed by atoms with Crippen LogP contribution in [0.2, 0.25) is 0 Å². The first-order valence-electron chi connectivity index (χ1n) is 12.8. The Morgan fingerprint density at radius 2 is 1.40 bits per heavy atom. The summed E-state index contributed by atoms with van der Waals surface area (Å²) in [5.74, 6) is 0. The largest absolute Gasteiger partial charge is 0.310 e. The zero-order chi connectivity index (χ0) is 23.8. The van der Waals surface area contributed by atoms with Crippen molar-refractivity contribution in [2.24, 2.45) is 4.99 Å². The average Bonchev–Trinajstić information content (AvgIpc) is 3.11. The molecule has 0 atom stereocenters. The van der Waals surface area contributed by atoms with Crippen molar-refractivity contribution in [2.45, 2.75) is 51.2 Å². The molecule has 1 aromatic heterocycles. The number of nitrogens with zero attached hydrogens (tertiary/aromatic N) is 5. The molecule has 4 aromatic rings. The van der Waals surface area contributed by atoms with Crippen LogP contribution in [-0.4, -0.2) is 27.1 Å². The van der Waals surface area contributed by atoms with Gasteiger partial charge < -0.3 is 9.13 Å². The summed E-state index contributed by atoms with van der Waals surface area (Å²) in [7, 11) is 0. The first kappa shape index (κ1) is 21.9. The van der Waals surface area contributed by atoms with E-state index in [4.69, 9.17) is 0 Å². The van der Waals surface area contributed by atoms with Crippen LogP contribution in [0.15, 0.2) is 77.8 Å². The van der Waals surface area contributed by atoms with Crippen LogP contribution in [0.1, 0.15) is 54.1 Å². The summed E-state index contributed by atoms with van der Waals surface area (Å²) >= 11 is 0. The van der Waals surface area contributed by atoms with E-state index in [-0.39, 0.29) is 0 Å². The summed E-state index contributed by atoms with van der Waals surface area (Å²) in [6.07, 6.45) is 6.34. The van der Waals surface area contributed by atoms with Crippen molar-refractivity contribution >= 4 is 11.0 Å². The fraction of sp³-hybridized carbons (Fsp3) is 0.333. The molecule has 35 heavy (non-hydrogen) atoms. The molecule has 0 spiro atoms. The van der Waals surface area contributed by atoms with E-state index < -0.39 is 0 Å². The van der Waals surface area contributed by atoms with Gasteiger partial charge in [-0.25, -0.2) is 0 Å². The number of nitriles is 1. The van der Waals surface area contributed by atoms with E-state index in [0.717, 1.165) is 56.5 Å². The topological polar surface area (TPSA) is 49.2 Å². The summed E-state index contributed by atoms with van der Waals surface area (Å²) in [5, 5.41) is 9.46. The number of rotatable bonds is 3. The van der Waals surface area contributed by atoms with Gasteiger partial charge in [0.1, 0.15) is 0 Å². The highest BCUT2D eigenvalue weighted by Gasteiger charge is 2.32. The zero-order valence-corrected chi connectivity index (χ0v) is 20.3. The molecule has 1 saturated heterocycles. The van der Waals surface area contributed by atoms with Crippen molar-refractivity contribution in [3.05, 3.63) is 101 Å². The molecule has 5 nitrogen and oxygen atoms in total. The van der Waals surface area contributed by atoms with Crippen LogP contribution < -0.4 is 5.62 Å². The highest BCUT2D eigenvalue weighted by molar-refractivity contribution is 5.76. The van der Waals surface area contributed by atoms with Crippen molar-refractivity contribution in [2.75, 3.05) is 13.1 Å². The van der Waals surface area contributed by atoms with Crippen molar-refractivity contribution in [3.63, 3.8) is 0 Å². The predicted octanol–water partition coefficient (Wildman–Crippen LogP) is 5.37. The lowest BCUT2D eigenvalue weighted by Crippen LogP contribution is -2.40. The van der Waals surface area contributed by atoms with Gasteiger partial charge in [-0.2, -0.15) is 5.26 Å². The van der Waals surface area contributed by atoms with Gasteiger partial charge in [-0.3, -0.25) is 4.90 Å². The number of hydrogen-bond donors (Lipinski definition) is 0. The maximum Gasteiger partial charge on any atom is 0.221 e. The van der Waals surface area contributed by atoms with Crippen LogP contribution >= 0.6 is 0 Å². The summed E-state index contributed by atoms with van der Waals surface area (Å²) in [6, 6.07) is 27.1. The van der Waals surface area contributed by atoms with Crippen LogP contribution in [0.5, 0.6) is 0 Å². The number of imidazole rings is 1.